The smallest absolute Gasteiger partial charge is 0.391 e. The van der Waals surface area contributed by atoms with E-state index in [1.54, 1.807) is 0 Å². The molecule has 0 aliphatic carbocycles. The molecular weight excluding hydrogens is 444 g/mol. The molecule has 0 spiro atoms. The fourth-order valence-electron chi connectivity index (χ4n) is 2.66. The molecule has 13 heteroatoms. The van der Waals surface area contributed by atoms with Crippen molar-refractivity contribution in [3.63, 3.8) is 0 Å². The van der Waals surface area contributed by atoms with Gasteiger partial charge < -0.3 is 4.84 Å². The number of benzene rings is 2. The highest BCUT2D eigenvalue weighted by molar-refractivity contribution is 5.98. The summed E-state index contributed by atoms with van der Waals surface area (Å²) in [4.78, 5) is 17.0. The molecule has 0 saturated heterocycles. The molecule has 0 saturated carbocycles. The number of hydrogen-bond donors (Lipinski definition) is 2. The van der Waals surface area contributed by atoms with Gasteiger partial charge in [0.2, 0.25) is 0 Å². The van der Waals surface area contributed by atoms with E-state index in [1.807, 2.05) is 0 Å². The van der Waals surface area contributed by atoms with E-state index in [-0.39, 0.29) is 17.0 Å². The van der Waals surface area contributed by atoms with Crippen molar-refractivity contribution in [2.24, 2.45) is 16.8 Å². The molecule has 0 aliphatic rings. The first-order valence-corrected chi connectivity index (χ1v) is 8.84. The molecule has 32 heavy (non-hydrogen) atoms. The summed E-state index contributed by atoms with van der Waals surface area (Å²) in [6, 6.07) is 6.14. The summed E-state index contributed by atoms with van der Waals surface area (Å²) < 4.78 is 79.1. The van der Waals surface area contributed by atoms with Crippen molar-refractivity contribution in [1.29, 1.82) is 0 Å². The number of nitrogens with two attached hydrogens (primary N) is 2. The number of anilines is 1. The molecule has 0 aliphatic heterocycles. The number of urea groups is 1. The van der Waals surface area contributed by atoms with E-state index in [0.29, 0.717) is 10.0 Å². The van der Waals surface area contributed by atoms with Crippen molar-refractivity contribution in [3.05, 3.63) is 64.7 Å². The van der Waals surface area contributed by atoms with Gasteiger partial charge in [-0.1, -0.05) is 23.4 Å². The Morgan fingerprint density at radius 3 is 2.22 bits per heavy atom. The van der Waals surface area contributed by atoms with Crippen LogP contribution in [-0.2, 0) is 23.8 Å². The lowest BCUT2D eigenvalue weighted by molar-refractivity contribution is -0.139. The van der Waals surface area contributed by atoms with Crippen molar-refractivity contribution in [2.75, 3.05) is 12.1 Å². The first kappa shape index (κ1) is 24.9. The molecule has 174 valence electrons. The van der Waals surface area contributed by atoms with E-state index < -0.39 is 41.7 Å². The standard InChI is InChI=1S/C19H19F6N5O2/c1-11(12-5-3-6-13(9-12)18(20,21)22)28-32-10-14-15(19(23,24)25)7-4-8-16(14)30(27)17(31)29(2)26/h3-9H,10,26-27H2,1-2H3. The monoisotopic (exact) mass is 463 g/mol. The fourth-order valence-corrected chi connectivity index (χ4v) is 2.66. The van der Waals surface area contributed by atoms with Crippen molar-refractivity contribution < 1.29 is 36.0 Å². The van der Waals surface area contributed by atoms with Crippen LogP contribution < -0.4 is 16.7 Å². The van der Waals surface area contributed by atoms with Gasteiger partial charge in [-0.3, -0.25) is 5.01 Å². The first-order valence-electron chi connectivity index (χ1n) is 8.84. The molecule has 2 rings (SSSR count). The number of alkyl halides is 6. The van der Waals surface area contributed by atoms with Crippen molar-refractivity contribution in [2.45, 2.75) is 25.9 Å². The maximum absolute atomic E-state index is 13.5. The number of carbonyl (C=O) groups excluding carboxylic acids is 1. The van der Waals surface area contributed by atoms with Crippen LogP contribution in [0.15, 0.2) is 47.6 Å². The van der Waals surface area contributed by atoms with Gasteiger partial charge in [-0.15, -0.1) is 0 Å². The van der Waals surface area contributed by atoms with Gasteiger partial charge in [0, 0.05) is 12.6 Å². The number of amides is 2. The molecule has 4 N–H and O–H groups in total. The summed E-state index contributed by atoms with van der Waals surface area (Å²) in [5, 5.41) is 4.60. The predicted molar refractivity (Wildman–Crippen MR) is 104 cm³/mol. The zero-order chi connectivity index (χ0) is 24.3. The third kappa shape index (κ3) is 5.88. The molecule has 7 nitrogen and oxygen atoms in total. The number of nitrogens with zero attached hydrogens (tertiary/aromatic N) is 3. The predicted octanol–water partition coefficient (Wildman–Crippen LogP) is 4.27. The largest absolute Gasteiger partial charge is 0.416 e. The molecule has 0 unspecified atom stereocenters. The Hall–Kier alpha value is -3.32. The van der Waals surface area contributed by atoms with Gasteiger partial charge in [0.1, 0.15) is 6.61 Å². The van der Waals surface area contributed by atoms with Gasteiger partial charge in [0.05, 0.1) is 22.5 Å². The van der Waals surface area contributed by atoms with Crippen LogP contribution in [0.2, 0.25) is 0 Å². The van der Waals surface area contributed by atoms with Gasteiger partial charge in [-0.05, 0) is 36.8 Å². The molecule has 0 fully saturated rings. The summed E-state index contributed by atoms with van der Waals surface area (Å²) in [6.45, 7) is 0.546. The Morgan fingerprint density at radius 1 is 1.03 bits per heavy atom. The van der Waals surface area contributed by atoms with Crippen LogP contribution in [-0.4, -0.2) is 23.8 Å². The van der Waals surface area contributed by atoms with E-state index >= 15 is 0 Å². The second-order valence-corrected chi connectivity index (χ2v) is 6.59. The topological polar surface area (TPSA) is 97.2 Å². The van der Waals surface area contributed by atoms with Crippen LogP contribution in [0.1, 0.15) is 29.2 Å². The minimum Gasteiger partial charge on any atom is -0.391 e. The Bertz CT molecular complexity index is 1000. The molecule has 0 bridgehead atoms. The normalized spacial score (nSPS) is 12.5. The van der Waals surface area contributed by atoms with Crippen LogP contribution in [0.25, 0.3) is 0 Å². The average Bonchev–Trinajstić information content (AvgIpc) is 2.71. The van der Waals surface area contributed by atoms with E-state index in [0.717, 1.165) is 43.4 Å². The number of carbonyl (C=O) groups is 1. The Kier molecular flexibility index (Phi) is 7.36. The average molecular weight is 463 g/mol. The Morgan fingerprint density at radius 2 is 1.66 bits per heavy atom. The van der Waals surface area contributed by atoms with Gasteiger partial charge in [0.25, 0.3) is 0 Å². The van der Waals surface area contributed by atoms with Crippen LogP contribution in [0.5, 0.6) is 0 Å². The highest BCUT2D eigenvalue weighted by atomic mass is 19.4. The summed E-state index contributed by atoms with van der Waals surface area (Å²) in [6.07, 6.45) is -9.39. The number of halogens is 6. The number of rotatable bonds is 5. The fraction of sp³-hybridized carbons (Fsp3) is 0.263. The molecule has 0 heterocycles. The van der Waals surface area contributed by atoms with Crippen LogP contribution >= 0.6 is 0 Å². The summed E-state index contributed by atoms with van der Waals surface area (Å²) >= 11 is 0. The number of hydrazine groups is 2. The van der Waals surface area contributed by atoms with Crippen molar-refractivity contribution in [1.82, 2.24) is 5.01 Å². The van der Waals surface area contributed by atoms with Crippen LogP contribution in [0, 0.1) is 0 Å². The van der Waals surface area contributed by atoms with Gasteiger partial charge in [-0.2, -0.15) is 26.3 Å². The van der Waals surface area contributed by atoms with E-state index in [4.69, 9.17) is 16.5 Å². The highest BCUT2D eigenvalue weighted by Crippen LogP contribution is 2.36. The van der Waals surface area contributed by atoms with Crippen LogP contribution in [0.3, 0.4) is 0 Å². The SMILES string of the molecule is CC(=NOCc1c(N(N)C(=O)N(C)N)cccc1C(F)(F)F)c1cccc(C(F)(F)F)c1. The second kappa shape index (κ2) is 9.44. The molecular formula is C19H19F6N5O2. The summed E-state index contributed by atoms with van der Waals surface area (Å²) in [7, 11) is 1.15. The quantitative estimate of drug-likeness (QED) is 0.228. The summed E-state index contributed by atoms with van der Waals surface area (Å²) in [5.74, 6) is 10.9. The number of hydrogen-bond acceptors (Lipinski definition) is 5. The minimum absolute atomic E-state index is 0.00971. The zero-order valence-corrected chi connectivity index (χ0v) is 16.8. The van der Waals surface area contributed by atoms with Gasteiger partial charge in [0.15, 0.2) is 0 Å². The third-order valence-electron chi connectivity index (χ3n) is 4.24. The van der Waals surface area contributed by atoms with Gasteiger partial charge >= 0.3 is 18.4 Å². The number of oxime groups is 1. The maximum atomic E-state index is 13.5. The Balaban J connectivity index is 2.37. The molecule has 2 aromatic rings. The molecule has 2 amide bonds. The first-order chi connectivity index (χ1) is 14.7. The lowest BCUT2D eigenvalue weighted by atomic mass is 10.1. The lowest BCUT2D eigenvalue weighted by Crippen LogP contribution is -2.49. The molecule has 0 atom stereocenters. The minimum atomic E-state index is -4.81. The third-order valence-corrected chi connectivity index (χ3v) is 4.24. The highest BCUT2D eigenvalue weighted by Gasteiger charge is 2.36. The van der Waals surface area contributed by atoms with Crippen molar-refractivity contribution >= 4 is 17.4 Å². The van der Waals surface area contributed by atoms with E-state index in [1.165, 1.54) is 13.0 Å². The Labute approximate surface area is 178 Å². The van der Waals surface area contributed by atoms with Gasteiger partial charge in [-0.25, -0.2) is 21.5 Å². The van der Waals surface area contributed by atoms with E-state index in [9.17, 15) is 31.1 Å². The van der Waals surface area contributed by atoms with E-state index in [2.05, 4.69) is 5.16 Å². The maximum Gasteiger partial charge on any atom is 0.416 e. The molecule has 2 aromatic carbocycles. The molecule has 0 aromatic heterocycles. The lowest BCUT2D eigenvalue weighted by Gasteiger charge is -2.24. The van der Waals surface area contributed by atoms with Crippen molar-refractivity contribution in [3.8, 4) is 0 Å². The summed E-state index contributed by atoms with van der Waals surface area (Å²) in [5.41, 5.74) is -2.86. The molecule has 0 radical (unpaired) electrons. The second-order valence-electron chi connectivity index (χ2n) is 6.59. The van der Waals surface area contributed by atoms with Crippen LogP contribution in [0.4, 0.5) is 36.8 Å². The zero-order valence-electron chi connectivity index (χ0n) is 16.8.